The highest BCUT2D eigenvalue weighted by Gasteiger charge is 1.90. The summed E-state index contributed by atoms with van der Waals surface area (Å²) in [6.07, 6.45) is 1.72. The minimum absolute atomic E-state index is 0.0833. The van der Waals surface area contributed by atoms with Crippen LogP contribution >= 0.6 is 15.9 Å². The summed E-state index contributed by atoms with van der Waals surface area (Å²) in [5.74, 6) is 5.04. The number of nitrogens with two attached hydrogens (primary N) is 1. The molecule has 0 aromatic carbocycles. The van der Waals surface area contributed by atoms with Crippen LogP contribution in [-0.2, 0) is 4.79 Å². The largest absolute Gasteiger partial charge is 0.369 e. The molecular formula is C9H7BrN2O. The zero-order chi connectivity index (χ0) is 9.68. The first-order chi connectivity index (χ1) is 6.18. The van der Waals surface area contributed by atoms with Crippen LogP contribution in [0.5, 0.6) is 0 Å². The van der Waals surface area contributed by atoms with E-state index in [1.807, 2.05) is 0 Å². The van der Waals surface area contributed by atoms with Gasteiger partial charge in [0.05, 0.1) is 6.42 Å². The first-order valence-electron chi connectivity index (χ1n) is 3.57. The summed E-state index contributed by atoms with van der Waals surface area (Å²) in [4.78, 5) is 14.3. The third-order valence-electron chi connectivity index (χ3n) is 1.22. The standard InChI is InChI=1S/C9H7BrN2O/c10-8-6-7(4-5-12-8)2-1-3-9(11)13/h4-6H,3H2,(H2,11,13). The third kappa shape index (κ3) is 3.72. The molecule has 0 radical (unpaired) electrons. The van der Waals surface area contributed by atoms with Gasteiger partial charge in [-0.05, 0) is 28.1 Å². The second-order valence-electron chi connectivity index (χ2n) is 2.31. The van der Waals surface area contributed by atoms with Crippen LogP contribution in [0.15, 0.2) is 22.9 Å². The van der Waals surface area contributed by atoms with Crippen LogP contribution in [0, 0.1) is 11.8 Å². The van der Waals surface area contributed by atoms with Gasteiger partial charge in [-0.25, -0.2) is 4.98 Å². The van der Waals surface area contributed by atoms with Crippen molar-refractivity contribution < 1.29 is 4.79 Å². The molecule has 0 fully saturated rings. The van der Waals surface area contributed by atoms with E-state index < -0.39 is 5.91 Å². The molecular weight excluding hydrogens is 232 g/mol. The number of pyridine rings is 1. The van der Waals surface area contributed by atoms with Crippen LogP contribution < -0.4 is 5.73 Å². The van der Waals surface area contributed by atoms with Crippen LogP contribution in [-0.4, -0.2) is 10.9 Å². The average molecular weight is 239 g/mol. The van der Waals surface area contributed by atoms with Gasteiger partial charge in [-0.3, -0.25) is 4.79 Å². The molecule has 1 aromatic rings. The fourth-order valence-corrected chi connectivity index (χ4v) is 1.08. The molecule has 1 heterocycles. The first kappa shape index (κ1) is 9.75. The van der Waals surface area contributed by atoms with Crippen molar-refractivity contribution in [2.75, 3.05) is 0 Å². The van der Waals surface area contributed by atoms with Crippen LogP contribution in [0.1, 0.15) is 12.0 Å². The van der Waals surface area contributed by atoms with E-state index in [0.29, 0.717) is 0 Å². The van der Waals surface area contributed by atoms with Gasteiger partial charge in [0, 0.05) is 11.8 Å². The smallest absolute Gasteiger partial charge is 0.229 e. The van der Waals surface area contributed by atoms with Gasteiger partial charge >= 0.3 is 0 Å². The lowest BCUT2D eigenvalue weighted by Gasteiger charge is -1.89. The summed E-state index contributed by atoms with van der Waals surface area (Å²) in [6.45, 7) is 0. The molecule has 1 aromatic heterocycles. The van der Waals surface area contributed by atoms with Gasteiger partial charge in [-0.15, -0.1) is 0 Å². The highest BCUT2D eigenvalue weighted by Crippen LogP contribution is 2.06. The maximum atomic E-state index is 10.4. The first-order valence-corrected chi connectivity index (χ1v) is 4.36. The van der Waals surface area contributed by atoms with Crippen molar-refractivity contribution in [3.8, 4) is 11.8 Å². The monoisotopic (exact) mass is 238 g/mol. The Morgan fingerprint density at radius 2 is 2.46 bits per heavy atom. The van der Waals surface area contributed by atoms with Gasteiger partial charge in [0.25, 0.3) is 0 Å². The Hall–Kier alpha value is -1.34. The Labute approximate surface area is 84.5 Å². The van der Waals surface area contributed by atoms with Gasteiger partial charge in [-0.1, -0.05) is 11.8 Å². The Kier molecular flexibility index (Phi) is 3.47. The van der Waals surface area contributed by atoms with Gasteiger partial charge in [0.1, 0.15) is 4.60 Å². The molecule has 1 amide bonds. The molecule has 0 aliphatic rings. The van der Waals surface area contributed by atoms with Crippen LogP contribution in [0.3, 0.4) is 0 Å². The molecule has 0 aliphatic heterocycles. The fraction of sp³-hybridized carbons (Fsp3) is 0.111. The molecule has 3 nitrogen and oxygen atoms in total. The number of carbonyl (C=O) groups is 1. The second-order valence-corrected chi connectivity index (χ2v) is 3.12. The molecule has 0 aliphatic carbocycles. The minimum atomic E-state index is -0.416. The highest BCUT2D eigenvalue weighted by atomic mass is 79.9. The Balaban J connectivity index is 2.72. The third-order valence-corrected chi connectivity index (χ3v) is 1.66. The van der Waals surface area contributed by atoms with E-state index in [-0.39, 0.29) is 6.42 Å². The predicted octanol–water partition coefficient (Wildman–Crippen LogP) is 1.07. The zero-order valence-electron chi connectivity index (χ0n) is 6.75. The number of amides is 1. The molecule has 4 heteroatoms. The number of hydrogen-bond donors (Lipinski definition) is 1. The number of aromatic nitrogens is 1. The van der Waals surface area contributed by atoms with Gasteiger partial charge < -0.3 is 5.73 Å². The summed E-state index contributed by atoms with van der Waals surface area (Å²) < 4.78 is 0.721. The van der Waals surface area contributed by atoms with Crippen molar-refractivity contribution in [1.29, 1.82) is 0 Å². The topological polar surface area (TPSA) is 56.0 Å². The van der Waals surface area contributed by atoms with Gasteiger partial charge in [0.15, 0.2) is 0 Å². The number of nitrogens with zero attached hydrogens (tertiary/aromatic N) is 1. The van der Waals surface area contributed by atoms with Crippen LogP contribution in [0.2, 0.25) is 0 Å². The lowest BCUT2D eigenvalue weighted by atomic mass is 10.2. The van der Waals surface area contributed by atoms with E-state index in [1.54, 1.807) is 18.3 Å². The normalized spacial score (nSPS) is 8.69. The molecule has 66 valence electrons. The number of primary amides is 1. The summed E-state index contributed by atoms with van der Waals surface area (Å²) in [7, 11) is 0. The summed E-state index contributed by atoms with van der Waals surface area (Å²) in [5.41, 5.74) is 5.73. The molecule has 0 unspecified atom stereocenters. The molecule has 0 atom stereocenters. The van der Waals surface area contributed by atoms with Crippen molar-refractivity contribution in [2.45, 2.75) is 6.42 Å². The van der Waals surface area contributed by atoms with E-state index >= 15 is 0 Å². The van der Waals surface area contributed by atoms with Crippen molar-refractivity contribution in [3.63, 3.8) is 0 Å². The molecule has 0 spiro atoms. The fourth-order valence-electron chi connectivity index (χ4n) is 0.714. The van der Waals surface area contributed by atoms with Crippen molar-refractivity contribution in [1.82, 2.24) is 4.98 Å². The predicted molar refractivity (Wildman–Crippen MR) is 52.6 cm³/mol. The lowest BCUT2D eigenvalue weighted by molar-refractivity contribution is -0.117. The zero-order valence-corrected chi connectivity index (χ0v) is 8.34. The van der Waals surface area contributed by atoms with Crippen molar-refractivity contribution in [2.24, 2.45) is 5.73 Å². The van der Waals surface area contributed by atoms with Crippen molar-refractivity contribution >= 4 is 21.8 Å². The van der Waals surface area contributed by atoms with Gasteiger partial charge in [-0.2, -0.15) is 0 Å². The van der Waals surface area contributed by atoms with E-state index in [9.17, 15) is 4.79 Å². The van der Waals surface area contributed by atoms with Crippen LogP contribution in [0.25, 0.3) is 0 Å². The van der Waals surface area contributed by atoms with Crippen molar-refractivity contribution in [3.05, 3.63) is 28.5 Å². The van der Waals surface area contributed by atoms with Gasteiger partial charge in [0.2, 0.25) is 5.91 Å². The second kappa shape index (κ2) is 4.63. The SMILES string of the molecule is NC(=O)CC#Cc1ccnc(Br)c1. The van der Waals surface area contributed by atoms with E-state index in [2.05, 4.69) is 32.8 Å². The lowest BCUT2D eigenvalue weighted by Crippen LogP contribution is -2.08. The molecule has 1 rings (SSSR count). The van der Waals surface area contributed by atoms with Crippen LogP contribution in [0.4, 0.5) is 0 Å². The van der Waals surface area contributed by atoms with E-state index in [4.69, 9.17) is 5.73 Å². The Morgan fingerprint density at radius 3 is 3.08 bits per heavy atom. The molecule has 0 saturated heterocycles. The van der Waals surface area contributed by atoms with E-state index in [0.717, 1.165) is 10.2 Å². The molecule has 0 bridgehead atoms. The highest BCUT2D eigenvalue weighted by molar-refractivity contribution is 9.10. The Morgan fingerprint density at radius 1 is 1.69 bits per heavy atom. The van der Waals surface area contributed by atoms with E-state index in [1.165, 1.54) is 0 Å². The number of halogens is 1. The number of carbonyl (C=O) groups excluding carboxylic acids is 1. The number of hydrogen-bond acceptors (Lipinski definition) is 2. The molecule has 2 N–H and O–H groups in total. The summed E-state index contributed by atoms with van der Waals surface area (Å²) >= 11 is 3.21. The quantitative estimate of drug-likeness (QED) is 0.588. The number of rotatable bonds is 1. The summed E-state index contributed by atoms with van der Waals surface area (Å²) in [5, 5.41) is 0. The molecule has 0 saturated carbocycles. The summed E-state index contributed by atoms with van der Waals surface area (Å²) in [6, 6.07) is 3.53. The maximum absolute atomic E-state index is 10.4. The maximum Gasteiger partial charge on any atom is 0.229 e. The average Bonchev–Trinajstić information content (AvgIpc) is 2.03. The molecule has 13 heavy (non-hydrogen) atoms. The Bertz CT molecular complexity index is 379. The minimum Gasteiger partial charge on any atom is -0.369 e.